The molecule has 0 aliphatic rings. The SMILES string of the molecule is O=C(Nc1ccc(Cl)cc1)C(NS(=O)(=O)c1cccs1)c1ccccc1. The van der Waals surface area contributed by atoms with Crippen LogP contribution in [0.1, 0.15) is 11.6 Å². The number of anilines is 1. The number of carbonyl (C=O) groups excluding carboxylic acids is 1. The Morgan fingerprint density at radius 2 is 1.65 bits per heavy atom. The molecule has 1 unspecified atom stereocenters. The van der Waals surface area contributed by atoms with Gasteiger partial charge in [0.25, 0.3) is 10.0 Å². The molecule has 0 radical (unpaired) electrons. The lowest BCUT2D eigenvalue weighted by molar-refractivity contribution is -0.117. The molecule has 26 heavy (non-hydrogen) atoms. The molecule has 8 heteroatoms. The van der Waals surface area contributed by atoms with E-state index in [9.17, 15) is 13.2 Å². The smallest absolute Gasteiger partial charge is 0.251 e. The Morgan fingerprint density at radius 3 is 2.27 bits per heavy atom. The predicted molar refractivity (Wildman–Crippen MR) is 104 cm³/mol. The number of thiophene rings is 1. The van der Waals surface area contributed by atoms with Gasteiger partial charge in [0.05, 0.1) is 0 Å². The first-order valence-electron chi connectivity index (χ1n) is 7.63. The van der Waals surface area contributed by atoms with Gasteiger partial charge in [-0.2, -0.15) is 4.72 Å². The minimum atomic E-state index is -3.82. The van der Waals surface area contributed by atoms with Gasteiger partial charge in [-0.05, 0) is 41.3 Å². The summed E-state index contributed by atoms with van der Waals surface area (Å²) in [6, 6.07) is 17.3. The number of hydrogen-bond donors (Lipinski definition) is 2. The molecule has 0 bridgehead atoms. The first-order valence-corrected chi connectivity index (χ1v) is 10.4. The summed E-state index contributed by atoms with van der Waals surface area (Å²) in [5.74, 6) is -0.487. The van der Waals surface area contributed by atoms with Crippen LogP contribution in [0.5, 0.6) is 0 Å². The third-order valence-electron chi connectivity index (χ3n) is 3.54. The second-order valence-electron chi connectivity index (χ2n) is 5.39. The van der Waals surface area contributed by atoms with Gasteiger partial charge in [-0.1, -0.05) is 48.0 Å². The lowest BCUT2D eigenvalue weighted by Crippen LogP contribution is -2.36. The van der Waals surface area contributed by atoms with Crippen molar-refractivity contribution in [1.82, 2.24) is 4.72 Å². The van der Waals surface area contributed by atoms with Crippen molar-refractivity contribution in [3.05, 3.63) is 82.7 Å². The summed E-state index contributed by atoms with van der Waals surface area (Å²) in [6.45, 7) is 0. The fraction of sp³-hybridized carbons (Fsp3) is 0.0556. The molecule has 2 aromatic carbocycles. The normalized spacial score (nSPS) is 12.5. The lowest BCUT2D eigenvalue weighted by Gasteiger charge is -2.18. The molecule has 3 rings (SSSR count). The van der Waals surface area contributed by atoms with Gasteiger partial charge < -0.3 is 5.32 Å². The molecule has 0 saturated heterocycles. The number of carbonyl (C=O) groups is 1. The minimum absolute atomic E-state index is 0.151. The van der Waals surface area contributed by atoms with Crippen LogP contribution in [0.4, 0.5) is 5.69 Å². The molecule has 1 heterocycles. The molecule has 1 amide bonds. The largest absolute Gasteiger partial charge is 0.324 e. The molecule has 1 aromatic heterocycles. The van der Waals surface area contributed by atoms with Gasteiger partial charge in [0.15, 0.2) is 0 Å². The average molecular weight is 407 g/mol. The highest BCUT2D eigenvalue weighted by Gasteiger charge is 2.27. The summed E-state index contributed by atoms with van der Waals surface area (Å²) >= 11 is 6.94. The van der Waals surface area contributed by atoms with E-state index in [1.165, 1.54) is 6.07 Å². The van der Waals surface area contributed by atoms with E-state index in [2.05, 4.69) is 10.0 Å². The number of rotatable bonds is 6. The first kappa shape index (κ1) is 18.6. The van der Waals surface area contributed by atoms with E-state index in [4.69, 9.17) is 11.6 Å². The van der Waals surface area contributed by atoms with Crippen LogP contribution in [0.2, 0.25) is 5.02 Å². The van der Waals surface area contributed by atoms with Gasteiger partial charge >= 0.3 is 0 Å². The van der Waals surface area contributed by atoms with Crippen LogP contribution in [0, 0.1) is 0 Å². The summed E-state index contributed by atoms with van der Waals surface area (Å²) in [5.41, 5.74) is 1.06. The van der Waals surface area contributed by atoms with Crippen molar-refractivity contribution in [2.45, 2.75) is 10.3 Å². The molecule has 0 fully saturated rings. The molecule has 5 nitrogen and oxygen atoms in total. The van der Waals surface area contributed by atoms with E-state index in [1.54, 1.807) is 66.0 Å². The predicted octanol–water partition coefficient (Wildman–Crippen LogP) is 4.06. The van der Waals surface area contributed by atoms with Crippen LogP contribution in [0.3, 0.4) is 0 Å². The van der Waals surface area contributed by atoms with E-state index in [0.717, 1.165) is 11.3 Å². The number of amides is 1. The molecule has 2 N–H and O–H groups in total. The van der Waals surface area contributed by atoms with E-state index < -0.39 is 22.0 Å². The van der Waals surface area contributed by atoms with Crippen LogP contribution in [0.15, 0.2) is 76.3 Å². The maximum Gasteiger partial charge on any atom is 0.251 e. The molecule has 1 atom stereocenters. The van der Waals surface area contributed by atoms with Crippen molar-refractivity contribution in [2.24, 2.45) is 0 Å². The third-order valence-corrected chi connectivity index (χ3v) is 6.61. The second kappa shape index (κ2) is 8.01. The molecule has 3 aromatic rings. The average Bonchev–Trinajstić information content (AvgIpc) is 3.18. The minimum Gasteiger partial charge on any atom is -0.324 e. The Morgan fingerprint density at radius 1 is 0.962 bits per heavy atom. The number of halogens is 1. The molecular weight excluding hydrogens is 392 g/mol. The Balaban J connectivity index is 1.88. The maximum atomic E-state index is 12.8. The van der Waals surface area contributed by atoms with Crippen molar-refractivity contribution in [2.75, 3.05) is 5.32 Å². The Kier molecular flexibility index (Phi) is 5.73. The van der Waals surface area contributed by atoms with Crippen molar-refractivity contribution >= 4 is 44.6 Å². The van der Waals surface area contributed by atoms with Gasteiger partial charge in [0, 0.05) is 10.7 Å². The molecule has 0 aliphatic heterocycles. The molecule has 0 aliphatic carbocycles. The van der Waals surface area contributed by atoms with Crippen molar-refractivity contribution in [3.8, 4) is 0 Å². The van der Waals surface area contributed by atoms with Crippen LogP contribution in [-0.4, -0.2) is 14.3 Å². The summed E-state index contributed by atoms with van der Waals surface area (Å²) in [7, 11) is -3.82. The fourth-order valence-electron chi connectivity index (χ4n) is 2.30. The molecular formula is C18H15ClN2O3S2. The molecule has 0 spiro atoms. The maximum absolute atomic E-state index is 12.8. The van der Waals surface area contributed by atoms with Gasteiger partial charge in [-0.25, -0.2) is 8.42 Å². The van der Waals surface area contributed by atoms with Crippen molar-refractivity contribution in [1.29, 1.82) is 0 Å². The zero-order valence-corrected chi connectivity index (χ0v) is 15.8. The van der Waals surface area contributed by atoms with Gasteiger partial charge in [0.1, 0.15) is 10.3 Å². The van der Waals surface area contributed by atoms with E-state index in [-0.39, 0.29) is 4.21 Å². The number of nitrogens with one attached hydrogen (secondary N) is 2. The van der Waals surface area contributed by atoms with E-state index in [1.807, 2.05) is 0 Å². The lowest BCUT2D eigenvalue weighted by atomic mass is 10.1. The summed E-state index contributed by atoms with van der Waals surface area (Å²) in [5, 5.41) is 4.92. The Labute approximate surface area is 160 Å². The fourth-order valence-corrected chi connectivity index (χ4v) is 4.62. The van der Waals surface area contributed by atoms with Crippen molar-refractivity contribution in [3.63, 3.8) is 0 Å². The van der Waals surface area contributed by atoms with Gasteiger partial charge in [0.2, 0.25) is 5.91 Å². The highest BCUT2D eigenvalue weighted by Crippen LogP contribution is 2.22. The number of benzene rings is 2. The first-order chi connectivity index (χ1) is 12.5. The summed E-state index contributed by atoms with van der Waals surface area (Å²) in [6.07, 6.45) is 0. The molecule has 0 saturated carbocycles. The van der Waals surface area contributed by atoms with Crippen LogP contribution < -0.4 is 10.0 Å². The monoisotopic (exact) mass is 406 g/mol. The van der Waals surface area contributed by atoms with Crippen LogP contribution in [-0.2, 0) is 14.8 Å². The summed E-state index contributed by atoms with van der Waals surface area (Å²) < 4.78 is 27.8. The third kappa shape index (κ3) is 4.50. The second-order valence-corrected chi connectivity index (χ2v) is 8.72. The highest BCUT2D eigenvalue weighted by molar-refractivity contribution is 7.91. The highest BCUT2D eigenvalue weighted by atomic mass is 35.5. The Bertz CT molecular complexity index is 973. The zero-order chi connectivity index (χ0) is 18.6. The van der Waals surface area contributed by atoms with Gasteiger partial charge in [-0.3, -0.25) is 4.79 Å². The van der Waals surface area contributed by atoms with Crippen LogP contribution in [0.25, 0.3) is 0 Å². The number of hydrogen-bond acceptors (Lipinski definition) is 4. The van der Waals surface area contributed by atoms with E-state index >= 15 is 0 Å². The quantitative estimate of drug-likeness (QED) is 0.648. The van der Waals surface area contributed by atoms with Crippen LogP contribution >= 0.6 is 22.9 Å². The van der Waals surface area contributed by atoms with Crippen molar-refractivity contribution < 1.29 is 13.2 Å². The standard InChI is InChI=1S/C18H15ClN2O3S2/c19-14-8-10-15(11-9-14)20-18(22)17(13-5-2-1-3-6-13)21-26(23,24)16-7-4-12-25-16/h1-12,17,21H,(H,20,22). The topological polar surface area (TPSA) is 75.3 Å². The van der Waals surface area contributed by atoms with E-state index in [0.29, 0.717) is 16.3 Å². The zero-order valence-electron chi connectivity index (χ0n) is 13.4. The van der Waals surface area contributed by atoms with Gasteiger partial charge in [-0.15, -0.1) is 11.3 Å². The summed E-state index contributed by atoms with van der Waals surface area (Å²) in [4.78, 5) is 12.8. The number of sulfonamides is 1. The molecule has 134 valence electrons. The Hall–Kier alpha value is -2.19.